The fourth-order valence-corrected chi connectivity index (χ4v) is 3.48. The Morgan fingerprint density at radius 1 is 1.45 bits per heavy atom. The van der Waals surface area contributed by atoms with Gasteiger partial charge in [0.25, 0.3) is 0 Å². The number of nitrogens with two attached hydrogens (primary N) is 1. The van der Waals surface area contributed by atoms with Gasteiger partial charge in [-0.25, -0.2) is 0 Å². The maximum atomic E-state index is 6.21. The monoisotopic (exact) mass is 278 g/mol. The van der Waals surface area contributed by atoms with E-state index in [-0.39, 0.29) is 5.54 Å². The molecule has 1 saturated carbocycles. The average Bonchev–Trinajstić information content (AvgIpc) is 2.85. The SMILES string of the molecule is CCCN(Cc1cnn(C)c1)C1(CN)CCC(C)CC1. The number of hydrogen-bond acceptors (Lipinski definition) is 3. The van der Waals surface area contributed by atoms with Crippen molar-refractivity contribution >= 4 is 0 Å². The van der Waals surface area contributed by atoms with E-state index >= 15 is 0 Å². The van der Waals surface area contributed by atoms with Gasteiger partial charge in [0.15, 0.2) is 0 Å². The Kier molecular flexibility index (Phi) is 5.22. The van der Waals surface area contributed by atoms with E-state index in [2.05, 4.69) is 30.0 Å². The highest BCUT2D eigenvalue weighted by Gasteiger charge is 2.38. The second-order valence-corrected chi connectivity index (χ2v) is 6.55. The van der Waals surface area contributed by atoms with Gasteiger partial charge in [0.2, 0.25) is 0 Å². The Bertz CT molecular complexity index is 404. The third kappa shape index (κ3) is 3.41. The molecule has 1 aliphatic carbocycles. The second kappa shape index (κ2) is 6.72. The van der Waals surface area contributed by atoms with Crippen molar-refractivity contribution in [3.8, 4) is 0 Å². The predicted molar refractivity (Wildman–Crippen MR) is 83.3 cm³/mol. The van der Waals surface area contributed by atoms with Crippen LogP contribution in [0, 0.1) is 5.92 Å². The molecule has 0 unspecified atom stereocenters. The Morgan fingerprint density at radius 2 is 2.15 bits per heavy atom. The van der Waals surface area contributed by atoms with Crippen molar-refractivity contribution in [3.63, 3.8) is 0 Å². The summed E-state index contributed by atoms with van der Waals surface area (Å²) in [6, 6.07) is 0. The summed E-state index contributed by atoms with van der Waals surface area (Å²) in [5.41, 5.74) is 7.72. The normalized spacial score (nSPS) is 27.1. The van der Waals surface area contributed by atoms with Crippen molar-refractivity contribution in [2.75, 3.05) is 13.1 Å². The molecule has 1 fully saturated rings. The lowest BCUT2D eigenvalue weighted by molar-refractivity contribution is 0.0376. The highest BCUT2D eigenvalue weighted by molar-refractivity contribution is 5.06. The van der Waals surface area contributed by atoms with Gasteiger partial charge < -0.3 is 5.73 Å². The molecular weight excluding hydrogens is 248 g/mol. The molecule has 114 valence electrons. The molecule has 1 heterocycles. The molecule has 2 N–H and O–H groups in total. The van der Waals surface area contributed by atoms with Crippen LogP contribution < -0.4 is 5.73 Å². The first-order valence-electron chi connectivity index (χ1n) is 8.02. The lowest BCUT2D eigenvalue weighted by Crippen LogP contribution is -2.55. The summed E-state index contributed by atoms with van der Waals surface area (Å²) in [6.45, 7) is 7.51. The van der Waals surface area contributed by atoms with Gasteiger partial charge in [-0.05, 0) is 44.6 Å². The van der Waals surface area contributed by atoms with Gasteiger partial charge in [-0.1, -0.05) is 13.8 Å². The Labute approximate surface area is 123 Å². The first-order chi connectivity index (χ1) is 9.59. The number of aryl methyl sites for hydroxylation is 1. The largest absolute Gasteiger partial charge is 0.329 e. The summed E-state index contributed by atoms with van der Waals surface area (Å²) in [5.74, 6) is 0.858. The standard InChI is InChI=1S/C16H30N4/c1-4-9-20(12-15-10-18-19(3)11-15)16(13-17)7-5-14(2)6-8-16/h10-11,14H,4-9,12-13,17H2,1-3H3. The Morgan fingerprint density at radius 3 is 2.65 bits per heavy atom. The predicted octanol–water partition coefficient (Wildman–Crippen LogP) is 2.54. The van der Waals surface area contributed by atoms with Crippen LogP contribution in [0.25, 0.3) is 0 Å². The van der Waals surface area contributed by atoms with Crippen LogP contribution in [0.1, 0.15) is 51.5 Å². The van der Waals surface area contributed by atoms with Gasteiger partial charge in [-0.2, -0.15) is 5.10 Å². The van der Waals surface area contributed by atoms with Crippen LogP contribution in [0.2, 0.25) is 0 Å². The maximum absolute atomic E-state index is 6.21. The molecule has 0 radical (unpaired) electrons. The van der Waals surface area contributed by atoms with Crippen LogP contribution in [0.5, 0.6) is 0 Å². The third-order valence-corrected chi connectivity index (χ3v) is 4.88. The van der Waals surface area contributed by atoms with Crippen molar-refractivity contribution in [2.45, 2.75) is 58.0 Å². The van der Waals surface area contributed by atoms with Crippen molar-refractivity contribution in [2.24, 2.45) is 18.7 Å². The minimum absolute atomic E-state index is 0.207. The minimum atomic E-state index is 0.207. The van der Waals surface area contributed by atoms with Gasteiger partial charge in [-0.15, -0.1) is 0 Å². The van der Waals surface area contributed by atoms with Crippen LogP contribution in [0.15, 0.2) is 12.4 Å². The first kappa shape index (κ1) is 15.5. The van der Waals surface area contributed by atoms with Gasteiger partial charge in [0, 0.05) is 37.4 Å². The second-order valence-electron chi connectivity index (χ2n) is 6.55. The van der Waals surface area contributed by atoms with E-state index in [1.165, 1.54) is 37.7 Å². The molecule has 0 aromatic carbocycles. The topological polar surface area (TPSA) is 47.1 Å². The van der Waals surface area contributed by atoms with Gasteiger partial charge >= 0.3 is 0 Å². The molecule has 4 nitrogen and oxygen atoms in total. The number of rotatable bonds is 6. The van der Waals surface area contributed by atoms with Crippen LogP contribution in [0.3, 0.4) is 0 Å². The zero-order valence-electron chi connectivity index (χ0n) is 13.3. The van der Waals surface area contributed by atoms with Gasteiger partial charge in [0.1, 0.15) is 0 Å². The lowest BCUT2D eigenvalue weighted by Gasteiger charge is -2.47. The fourth-order valence-electron chi connectivity index (χ4n) is 3.48. The van der Waals surface area contributed by atoms with E-state index in [4.69, 9.17) is 5.73 Å². The van der Waals surface area contributed by atoms with E-state index < -0.39 is 0 Å². The molecule has 2 rings (SSSR count). The summed E-state index contributed by atoms with van der Waals surface area (Å²) in [6.07, 6.45) is 10.4. The van der Waals surface area contributed by atoms with E-state index in [1.54, 1.807) is 0 Å². The molecule has 0 amide bonds. The molecule has 0 atom stereocenters. The van der Waals surface area contributed by atoms with Crippen LogP contribution in [-0.2, 0) is 13.6 Å². The van der Waals surface area contributed by atoms with Gasteiger partial charge in [0.05, 0.1) is 6.20 Å². The molecule has 1 aliphatic rings. The molecule has 0 bridgehead atoms. The van der Waals surface area contributed by atoms with E-state index in [9.17, 15) is 0 Å². The quantitative estimate of drug-likeness (QED) is 0.870. The van der Waals surface area contributed by atoms with E-state index in [0.29, 0.717) is 0 Å². The summed E-state index contributed by atoms with van der Waals surface area (Å²) in [5, 5.41) is 4.29. The van der Waals surface area contributed by atoms with Crippen molar-refractivity contribution < 1.29 is 0 Å². The number of nitrogens with zero attached hydrogens (tertiary/aromatic N) is 3. The smallest absolute Gasteiger partial charge is 0.0534 e. The Balaban J connectivity index is 2.12. The van der Waals surface area contributed by atoms with Crippen LogP contribution in [-0.4, -0.2) is 33.3 Å². The van der Waals surface area contributed by atoms with Gasteiger partial charge in [-0.3, -0.25) is 9.58 Å². The summed E-state index contributed by atoms with van der Waals surface area (Å²) in [7, 11) is 1.98. The lowest BCUT2D eigenvalue weighted by atomic mass is 9.75. The average molecular weight is 278 g/mol. The highest BCUT2D eigenvalue weighted by atomic mass is 15.3. The van der Waals surface area contributed by atoms with Crippen LogP contribution >= 0.6 is 0 Å². The first-order valence-corrected chi connectivity index (χ1v) is 8.02. The highest BCUT2D eigenvalue weighted by Crippen LogP contribution is 2.36. The third-order valence-electron chi connectivity index (χ3n) is 4.88. The zero-order valence-corrected chi connectivity index (χ0v) is 13.3. The molecule has 0 spiro atoms. The van der Waals surface area contributed by atoms with E-state index in [1.807, 2.05) is 17.9 Å². The van der Waals surface area contributed by atoms with Crippen molar-refractivity contribution in [1.82, 2.24) is 14.7 Å². The van der Waals surface area contributed by atoms with Crippen molar-refractivity contribution in [3.05, 3.63) is 18.0 Å². The molecule has 1 aromatic rings. The molecule has 0 saturated heterocycles. The molecule has 20 heavy (non-hydrogen) atoms. The summed E-state index contributed by atoms with van der Waals surface area (Å²) >= 11 is 0. The number of hydrogen-bond donors (Lipinski definition) is 1. The molecule has 4 heteroatoms. The zero-order chi connectivity index (χ0) is 14.6. The summed E-state index contributed by atoms with van der Waals surface area (Å²) in [4.78, 5) is 2.62. The van der Waals surface area contributed by atoms with Crippen molar-refractivity contribution in [1.29, 1.82) is 0 Å². The molecular formula is C16H30N4. The molecule has 1 aromatic heterocycles. The van der Waals surface area contributed by atoms with Crippen LogP contribution in [0.4, 0.5) is 0 Å². The summed E-state index contributed by atoms with van der Waals surface area (Å²) < 4.78 is 1.89. The Hall–Kier alpha value is -0.870. The fraction of sp³-hybridized carbons (Fsp3) is 0.812. The molecule has 0 aliphatic heterocycles. The minimum Gasteiger partial charge on any atom is -0.329 e. The van der Waals surface area contributed by atoms with E-state index in [0.717, 1.165) is 25.6 Å². The number of aromatic nitrogens is 2. The maximum Gasteiger partial charge on any atom is 0.0534 e.